The van der Waals surface area contributed by atoms with Crippen LogP contribution in [0.1, 0.15) is 60.2 Å². The van der Waals surface area contributed by atoms with Gasteiger partial charge in [-0.15, -0.1) is 0 Å². The van der Waals surface area contributed by atoms with Gasteiger partial charge in [-0.25, -0.2) is 9.59 Å². The van der Waals surface area contributed by atoms with Crippen LogP contribution in [0.25, 0.3) is 0 Å². The van der Waals surface area contributed by atoms with E-state index in [2.05, 4.69) is 17.8 Å². The highest BCUT2D eigenvalue weighted by Crippen LogP contribution is 2.31. The van der Waals surface area contributed by atoms with E-state index in [0.717, 1.165) is 54.6 Å². The summed E-state index contributed by atoms with van der Waals surface area (Å²) in [5.41, 5.74) is 8.30. The van der Waals surface area contributed by atoms with Crippen LogP contribution in [-0.4, -0.2) is 44.2 Å². The molecule has 0 saturated carbocycles. The third-order valence-electron chi connectivity index (χ3n) is 7.12. The fourth-order valence-electron chi connectivity index (χ4n) is 4.47. The number of hydrogen-bond donors (Lipinski definition) is 2. The summed E-state index contributed by atoms with van der Waals surface area (Å²) < 4.78 is 36.6. The molecule has 13 heteroatoms. The van der Waals surface area contributed by atoms with E-state index in [9.17, 15) is 24.1 Å². The number of rotatable bonds is 17. The van der Waals surface area contributed by atoms with E-state index in [4.69, 9.17) is 18.9 Å². The van der Waals surface area contributed by atoms with Gasteiger partial charge in [-0.3, -0.25) is 15.5 Å². The van der Waals surface area contributed by atoms with Crippen molar-refractivity contribution >= 4 is 34.7 Å². The molecule has 0 amide bonds. The number of nitro benzene ring substituents is 1. The van der Waals surface area contributed by atoms with Crippen molar-refractivity contribution < 1.29 is 37.9 Å². The maximum Gasteiger partial charge on any atom is 0.347 e. The Morgan fingerprint density at radius 3 is 2.14 bits per heavy atom. The van der Waals surface area contributed by atoms with Gasteiger partial charge in [-0.05, 0) is 67.4 Å². The number of carbonyl (C=O) groups excluding carboxylic acids is 2. The van der Waals surface area contributed by atoms with E-state index in [0.29, 0.717) is 18.7 Å². The van der Waals surface area contributed by atoms with Crippen LogP contribution in [0.4, 0.5) is 27.1 Å². The van der Waals surface area contributed by atoms with Gasteiger partial charge in [0.05, 0.1) is 35.1 Å². The van der Waals surface area contributed by atoms with Gasteiger partial charge in [0.15, 0.2) is 0 Å². The Kier molecular flexibility index (Phi) is 12.7. The van der Waals surface area contributed by atoms with Crippen molar-refractivity contribution in [2.45, 2.75) is 39.5 Å². The Morgan fingerprint density at radius 1 is 0.776 bits per heavy atom. The fraction of sp³-hybridized carbons (Fsp3) is 0.278. The Balaban J connectivity index is 1.41. The number of nitro groups is 1. The zero-order valence-corrected chi connectivity index (χ0v) is 27.8. The van der Waals surface area contributed by atoms with Crippen molar-refractivity contribution in [1.29, 1.82) is 0 Å². The van der Waals surface area contributed by atoms with Crippen LogP contribution in [0.15, 0.2) is 78.9 Å². The number of ether oxygens (including phenoxy) is 4. The van der Waals surface area contributed by atoms with Gasteiger partial charge in [0.2, 0.25) is 5.82 Å². The second-order valence-corrected chi connectivity index (χ2v) is 11.1. The highest BCUT2D eigenvalue weighted by molar-refractivity contribution is 5.95. The van der Waals surface area contributed by atoms with Crippen LogP contribution >= 0.6 is 0 Å². The number of carbonyl (C=O) groups is 2. The molecule has 0 unspecified atom stereocenters. The molecule has 4 rings (SSSR count). The summed E-state index contributed by atoms with van der Waals surface area (Å²) in [7, 11) is 3.93. The molecule has 0 aliphatic heterocycles. The second-order valence-electron chi connectivity index (χ2n) is 11.1. The summed E-state index contributed by atoms with van der Waals surface area (Å²) in [6, 6.07) is 19.4. The van der Waals surface area contributed by atoms with Crippen LogP contribution in [0, 0.1) is 15.9 Å². The molecule has 2 N–H and O–H groups in total. The van der Waals surface area contributed by atoms with Gasteiger partial charge in [0.1, 0.15) is 28.6 Å². The molecule has 0 spiro atoms. The van der Waals surface area contributed by atoms with Crippen molar-refractivity contribution in [2.24, 2.45) is 0 Å². The lowest BCUT2D eigenvalue weighted by molar-refractivity contribution is -0.387. The number of benzene rings is 4. The monoisotopic (exact) mass is 674 g/mol. The first-order chi connectivity index (χ1) is 23.6. The maximum absolute atomic E-state index is 14.0. The van der Waals surface area contributed by atoms with Gasteiger partial charge in [-0.2, -0.15) is 4.39 Å². The fourth-order valence-corrected chi connectivity index (χ4v) is 4.47. The van der Waals surface area contributed by atoms with Crippen LogP contribution in [0.2, 0.25) is 0 Å². The topological polar surface area (TPSA) is 142 Å². The van der Waals surface area contributed by atoms with Crippen LogP contribution < -0.4 is 34.7 Å². The van der Waals surface area contributed by atoms with E-state index >= 15 is 0 Å². The SMILES string of the molecule is CCCCCOc1cc(N(C)C)ccc1NNc1ccc(C(=O)Oc2ccc(C(=O)Oc3ccc([N+](=O)[O-])c(F)c3)c(OCCC)c2)cc1. The molecule has 0 aromatic heterocycles. The number of hydrazine groups is 1. The van der Waals surface area contributed by atoms with E-state index in [1.54, 1.807) is 24.3 Å². The van der Waals surface area contributed by atoms with Crippen LogP contribution in [0.5, 0.6) is 23.0 Å². The minimum absolute atomic E-state index is 0.0131. The zero-order chi connectivity index (χ0) is 35.3. The summed E-state index contributed by atoms with van der Waals surface area (Å²) in [5, 5.41) is 10.9. The Hall–Kier alpha value is -5.85. The molecule has 0 aliphatic rings. The summed E-state index contributed by atoms with van der Waals surface area (Å²) in [5.74, 6) is -1.99. The molecule has 258 valence electrons. The highest BCUT2D eigenvalue weighted by Gasteiger charge is 2.20. The quantitative estimate of drug-likeness (QED) is 0.0370. The van der Waals surface area contributed by atoms with Gasteiger partial charge < -0.3 is 29.3 Å². The molecular formula is C36H39FN4O8. The smallest absolute Gasteiger partial charge is 0.347 e. The van der Waals surface area contributed by atoms with Gasteiger partial charge in [-0.1, -0.05) is 26.7 Å². The van der Waals surface area contributed by atoms with Gasteiger partial charge in [0, 0.05) is 44.0 Å². The van der Waals surface area contributed by atoms with Crippen molar-refractivity contribution in [3.8, 4) is 23.0 Å². The Bertz CT molecular complexity index is 1760. The number of nitrogens with one attached hydrogen (secondary N) is 2. The molecule has 0 radical (unpaired) electrons. The first-order valence-electron chi connectivity index (χ1n) is 15.8. The zero-order valence-electron chi connectivity index (χ0n) is 27.8. The largest absolute Gasteiger partial charge is 0.493 e. The standard InChI is InChI=1S/C36H39FN4O8/c1-5-7-8-20-47-34-21-26(40(3)4)13-17-31(34)39-38-25-11-9-24(10-12-25)35(42)48-28-14-16-29(33(23-28)46-19-6-2)36(43)49-27-15-18-32(41(44)45)30(37)22-27/h9-18,21-23,38-39H,5-8,19-20H2,1-4H3. The molecule has 0 heterocycles. The molecule has 0 fully saturated rings. The lowest BCUT2D eigenvalue weighted by atomic mass is 10.2. The number of halogens is 1. The third-order valence-corrected chi connectivity index (χ3v) is 7.12. The molecule has 12 nitrogen and oxygen atoms in total. The number of nitrogens with zero attached hydrogens (tertiary/aromatic N) is 2. The van der Waals surface area contributed by atoms with E-state index in [1.807, 2.05) is 44.1 Å². The minimum atomic E-state index is -1.15. The predicted molar refractivity (Wildman–Crippen MR) is 185 cm³/mol. The molecule has 4 aromatic carbocycles. The first-order valence-corrected chi connectivity index (χ1v) is 15.8. The Morgan fingerprint density at radius 2 is 1.47 bits per heavy atom. The summed E-state index contributed by atoms with van der Waals surface area (Å²) in [4.78, 5) is 37.9. The van der Waals surface area contributed by atoms with Crippen molar-refractivity contribution in [1.82, 2.24) is 0 Å². The normalized spacial score (nSPS) is 10.6. The highest BCUT2D eigenvalue weighted by atomic mass is 19.1. The number of anilines is 3. The maximum atomic E-state index is 14.0. The van der Waals surface area contributed by atoms with Crippen molar-refractivity contribution in [2.75, 3.05) is 43.1 Å². The number of unbranched alkanes of at least 4 members (excludes halogenated alkanes) is 2. The Labute approximate surface area is 283 Å². The van der Waals surface area contributed by atoms with E-state index in [-0.39, 0.29) is 35.0 Å². The number of esters is 2. The molecule has 49 heavy (non-hydrogen) atoms. The van der Waals surface area contributed by atoms with Crippen LogP contribution in [-0.2, 0) is 0 Å². The van der Waals surface area contributed by atoms with Gasteiger partial charge >= 0.3 is 17.6 Å². The van der Waals surface area contributed by atoms with E-state index < -0.39 is 28.4 Å². The summed E-state index contributed by atoms with van der Waals surface area (Å²) >= 11 is 0. The predicted octanol–water partition coefficient (Wildman–Crippen LogP) is 8.04. The third kappa shape index (κ3) is 10.1. The van der Waals surface area contributed by atoms with Gasteiger partial charge in [0.25, 0.3) is 0 Å². The van der Waals surface area contributed by atoms with Crippen molar-refractivity contribution in [3.05, 3.63) is 106 Å². The molecule has 0 aliphatic carbocycles. The molecule has 0 bridgehead atoms. The average molecular weight is 675 g/mol. The molecule has 0 saturated heterocycles. The second kappa shape index (κ2) is 17.3. The minimum Gasteiger partial charge on any atom is -0.493 e. The van der Waals surface area contributed by atoms with E-state index in [1.165, 1.54) is 18.2 Å². The summed E-state index contributed by atoms with van der Waals surface area (Å²) in [6.45, 7) is 4.88. The average Bonchev–Trinajstić information content (AvgIpc) is 3.08. The van der Waals surface area contributed by atoms with Crippen LogP contribution in [0.3, 0.4) is 0 Å². The molecule has 4 aromatic rings. The lowest BCUT2D eigenvalue weighted by Gasteiger charge is -2.19. The first kappa shape index (κ1) is 36.0. The van der Waals surface area contributed by atoms with Crippen molar-refractivity contribution in [3.63, 3.8) is 0 Å². The number of hydrogen-bond acceptors (Lipinski definition) is 11. The summed E-state index contributed by atoms with van der Waals surface area (Å²) in [6.07, 6.45) is 3.78. The lowest BCUT2D eigenvalue weighted by Crippen LogP contribution is -2.14. The molecular weight excluding hydrogens is 635 g/mol. The molecule has 0 atom stereocenters.